The van der Waals surface area contributed by atoms with Gasteiger partial charge in [0.05, 0.1) is 12.1 Å². The first-order valence-electron chi connectivity index (χ1n) is 8.60. The van der Waals surface area contributed by atoms with Gasteiger partial charge in [0.1, 0.15) is 5.01 Å². The molecule has 26 heavy (non-hydrogen) atoms. The van der Waals surface area contributed by atoms with E-state index >= 15 is 0 Å². The highest BCUT2D eigenvalue weighted by Crippen LogP contribution is 2.24. The number of benzene rings is 2. The van der Waals surface area contributed by atoms with Crippen LogP contribution in [0, 0.1) is 6.92 Å². The molecule has 0 spiro atoms. The molecule has 3 rings (SSSR count). The number of nitrogens with one attached hydrogen (secondary N) is 1. The van der Waals surface area contributed by atoms with Crippen molar-refractivity contribution in [3.8, 4) is 10.6 Å². The molecular formula is C21H22N2OS2. The molecule has 0 aliphatic rings. The molecule has 2 aromatic carbocycles. The third-order valence-electron chi connectivity index (χ3n) is 3.84. The van der Waals surface area contributed by atoms with Crippen LogP contribution in [0.25, 0.3) is 10.6 Å². The minimum Gasteiger partial charge on any atom is -0.355 e. The second-order valence-corrected chi connectivity index (χ2v) is 8.04. The predicted octanol–water partition coefficient (Wildman–Crippen LogP) is 4.71. The number of nitrogens with zero attached hydrogens (tertiary/aromatic N) is 1. The fraction of sp³-hybridized carbons (Fsp3) is 0.238. The number of aryl methyl sites for hydroxylation is 1. The quantitative estimate of drug-likeness (QED) is 0.574. The van der Waals surface area contributed by atoms with Gasteiger partial charge in [-0.25, -0.2) is 4.98 Å². The standard InChI is InChI=1S/C21H22N2OS2/c1-16-6-5-9-18(12-16)21-23-19(15-26-21)13-20(24)22-10-11-25-14-17-7-3-2-4-8-17/h2-9,12,15H,10-11,13-14H2,1H3,(H,22,24). The van der Waals surface area contributed by atoms with E-state index in [1.54, 1.807) is 11.3 Å². The second kappa shape index (κ2) is 9.55. The Balaban J connectivity index is 1.40. The Kier molecular flexibility index (Phi) is 6.86. The Hall–Kier alpha value is -2.11. The Morgan fingerprint density at radius 1 is 1.15 bits per heavy atom. The van der Waals surface area contributed by atoms with Crippen LogP contribution in [0.4, 0.5) is 0 Å². The lowest BCUT2D eigenvalue weighted by Gasteiger charge is -2.04. The van der Waals surface area contributed by atoms with Crippen molar-refractivity contribution in [1.29, 1.82) is 0 Å². The number of rotatable bonds is 8. The molecule has 0 aliphatic carbocycles. The Morgan fingerprint density at radius 3 is 2.81 bits per heavy atom. The van der Waals surface area contributed by atoms with Crippen LogP contribution in [0.3, 0.4) is 0 Å². The monoisotopic (exact) mass is 382 g/mol. The summed E-state index contributed by atoms with van der Waals surface area (Å²) in [5.41, 5.74) is 4.47. The number of hydrogen-bond acceptors (Lipinski definition) is 4. The molecule has 0 saturated heterocycles. The van der Waals surface area contributed by atoms with Crippen molar-refractivity contribution in [2.24, 2.45) is 0 Å². The summed E-state index contributed by atoms with van der Waals surface area (Å²) >= 11 is 3.42. The van der Waals surface area contributed by atoms with Crippen molar-refractivity contribution in [3.05, 3.63) is 76.8 Å². The normalized spacial score (nSPS) is 10.7. The average molecular weight is 383 g/mol. The molecule has 134 valence electrons. The molecule has 1 heterocycles. The van der Waals surface area contributed by atoms with Gasteiger partial charge >= 0.3 is 0 Å². The van der Waals surface area contributed by atoms with Crippen molar-refractivity contribution >= 4 is 29.0 Å². The van der Waals surface area contributed by atoms with Gasteiger partial charge in [-0.1, -0.05) is 54.1 Å². The number of carbonyl (C=O) groups excluding carboxylic acids is 1. The molecule has 1 N–H and O–H groups in total. The highest BCUT2D eigenvalue weighted by Gasteiger charge is 2.09. The molecule has 1 amide bonds. The predicted molar refractivity (Wildman–Crippen MR) is 112 cm³/mol. The van der Waals surface area contributed by atoms with Crippen LogP contribution in [-0.4, -0.2) is 23.2 Å². The van der Waals surface area contributed by atoms with Crippen LogP contribution in [0.5, 0.6) is 0 Å². The summed E-state index contributed by atoms with van der Waals surface area (Å²) in [7, 11) is 0. The van der Waals surface area contributed by atoms with E-state index in [9.17, 15) is 4.79 Å². The summed E-state index contributed by atoms with van der Waals surface area (Å²) in [6, 6.07) is 18.7. The van der Waals surface area contributed by atoms with E-state index in [0.29, 0.717) is 13.0 Å². The van der Waals surface area contributed by atoms with Gasteiger partial charge in [0.15, 0.2) is 0 Å². The van der Waals surface area contributed by atoms with Crippen LogP contribution in [-0.2, 0) is 17.0 Å². The first-order valence-corrected chi connectivity index (χ1v) is 10.6. The van der Waals surface area contributed by atoms with E-state index in [0.717, 1.165) is 27.8 Å². The molecule has 3 nitrogen and oxygen atoms in total. The van der Waals surface area contributed by atoms with E-state index in [1.165, 1.54) is 11.1 Å². The van der Waals surface area contributed by atoms with Crippen LogP contribution >= 0.6 is 23.1 Å². The van der Waals surface area contributed by atoms with Gasteiger partial charge in [-0.05, 0) is 18.6 Å². The van der Waals surface area contributed by atoms with E-state index in [1.807, 2.05) is 29.3 Å². The van der Waals surface area contributed by atoms with Gasteiger partial charge < -0.3 is 5.32 Å². The molecule has 0 bridgehead atoms. The Morgan fingerprint density at radius 2 is 2.00 bits per heavy atom. The summed E-state index contributed by atoms with van der Waals surface area (Å²) in [6.45, 7) is 2.76. The molecule has 0 unspecified atom stereocenters. The van der Waals surface area contributed by atoms with Crippen LogP contribution in [0.1, 0.15) is 16.8 Å². The molecule has 0 fully saturated rings. The number of amides is 1. The molecule has 0 atom stereocenters. The van der Waals surface area contributed by atoms with Crippen molar-refractivity contribution in [1.82, 2.24) is 10.3 Å². The van der Waals surface area contributed by atoms with Crippen LogP contribution < -0.4 is 5.32 Å². The summed E-state index contributed by atoms with van der Waals surface area (Å²) < 4.78 is 0. The first-order chi connectivity index (χ1) is 12.7. The summed E-state index contributed by atoms with van der Waals surface area (Å²) in [5, 5.41) is 5.92. The summed E-state index contributed by atoms with van der Waals surface area (Å²) in [5.74, 6) is 1.92. The fourth-order valence-corrected chi connectivity index (χ4v) is 4.19. The maximum absolute atomic E-state index is 12.1. The van der Waals surface area contributed by atoms with Crippen LogP contribution in [0.15, 0.2) is 60.0 Å². The van der Waals surface area contributed by atoms with E-state index in [-0.39, 0.29) is 5.91 Å². The van der Waals surface area contributed by atoms with Gasteiger partial charge in [-0.2, -0.15) is 11.8 Å². The van der Waals surface area contributed by atoms with Crippen molar-refractivity contribution in [3.63, 3.8) is 0 Å². The van der Waals surface area contributed by atoms with Gasteiger partial charge in [-0.3, -0.25) is 4.79 Å². The third kappa shape index (κ3) is 5.71. The molecule has 0 radical (unpaired) electrons. The summed E-state index contributed by atoms with van der Waals surface area (Å²) in [4.78, 5) is 16.7. The summed E-state index contributed by atoms with van der Waals surface area (Å²) in [6.07, 6.45) is 0.339. The van der Waals surface area contributed by atoms with Crippen LogP contribution in [0.2, 0.25) is 0 Å². The zero-order valence-electron chi connectivity index (χ0n) is 14.8. The number of thiazole rings is 1. The average Bonchev–Trinajstić information content (AvgIpc) is 3.11. The highest BCUT2D eigenvalue weighted by molar-refractivity contribution is 7.98. The Labute approximate surface area is 162 Å². The largest absolute Gasteiger partial charge is 0.355 e. The molecular weight excluding hydrogens is 360 g/mol. The maximum Gasteiger partial charge on any atom is 0.226 e. The molecule has 3 aromatic rings. The van der Waals surface area contributed by atoms with Gasteiger partial charge in [0.25, 0.3) is 0 Å². The van der Waals surface area contributed by atoms with Crippen molar-refractivity contribution in [2.45, 2.75) is 19.1 Å². The molecule has 0 saturated carbocycles. The highest BCUT2D eigenvalue weighted by atomic mass is 32.2. The lowest BCUT2D eigenvalue weighted by molar-refractivity contribution is -0.120. The van der Waals surface area contributed by atoms with Crippen molar-refractivity contribution < 1.29 is 4.79 Å². The topological polar surface area (TPSA) is 42.0 Å². The number of aromatic nitrogens is 1. The second-order valence-electron chi connectivity index (χ2n) is 6.08. The van der Waals surface area contributed by atoms with Gasteiger partial charge in [0.2, 0.25) is 5.91 Å². The maximum atomic E-state index is 12.1. The number of carbonyl (C=O) groups is 1. The lowest BCUT2D eigenvalue weighted by Crippen LogP contribution is -2.27. The molecule has 5 heteroatoms. The molecule has 0 aliphatic heterocycles. The number of hydrogen-bond donors (Lipinski definition) is 1. The minimum atomic E-state index is 0.0337. The van der Waals surface area contributed by atoms with E-state index < -0.39 is 0 Å². The zero-order chi connectivity index (χ0) is 18.2. The van der Waals surface area contributed by atoms with E-state index in [4.69, 9.17) is 0 Å². The van der Waals surface area contributed by atoms with Crippen molar-refractivity contribution in [2.75, 3.05) is 12.3 Å². The first kappa shape index (κ1) is 18.7. The smallest absolute Gasteiger partial charge is 0.226 e. The van der Waals surface area contributed by atoms with Gasteiger partial charge in [-0.15, -0.1) is 11.3 Å². The zero-order valence-corrected chi connectivity index (χ0v) is 16.4. The van der Waals surface area contributed by atoms with Gasteiger partial charge in [0, 0.05) is 29.0 Å². The Bertz CT molecular complexity index is 846. The fourth-order valence-electron chi connectivity index (χ4n) is 2.55. The molecule has 1 aromatic heterocycles. The number of thioether (sulfide) groups is 1. The third-order valence-corrected chi connectivity index (χ3v) is 5.81. The minimum absolute atomic E-state index is 0.0337. The van der Waals surface area contributed by atoms with E-state index in [2.05, 4.69) is 59.7 Å². The lowest BCUT2D eigenvalue weighted by atomic mass is 10.1. The SMILES string of the molecule is Cc1cccc(-c2nc(CC(=O)NCCSCc3ccccc3)cs2)c1.